The lowest BCUT2D eigenvalue weighted by Crippen LogP contribution is -2.49. The van der Waals surface area contributed by atoms with Crippen molar-refractivity contribution in [2.45, 2.75) is 13.0 Å². The van der Waals surface area contributed by atoms with Gasteiger partial charge in [0.25, 0.3) is 5.91 Å². The number of ether oxygens (including phenoxy) is 1. The number of aryl methyl sites for hydroxylation is 1. The van der Waals surface area contributed by atoms with Gasteiger partial charge in [0.2, 0.25) is 0 Å². The highest BCUT2D eigenvalue weighted by atomic mass is 127. The lowest BCUT2D eigenvalue weighted by Gasteiger charge is -2.35. The number of rotatable bonds is 5. The first-order valence-electron chi connectivity index (χ1n) is 9.65. The molecular weight excluding hydrogens is 479 g/mol. The molecule has 2 aromatic carbocycles. The molecule has 1 aliphatic rings. The van der Waals surface area contributed by atoms with E-state index in [-0.39, 0.29) is 36.0 Å². The van der Waals surface area contributed by atoms with Gasteiger partial charge in [-0.3, -0.25) is 9.79 Å². The first kappa shape index (κ1) is 23.2. The van der Waals surface area contributed by atoms with E-state index in [0.29, 0.717) is 25.3 Å². The molecule has 3 rings (SSSR count). The van der Waals surface area contributed by atoms with Crippen molar-refractivity contribution in [3.63, 3.8) is 0 Å². The number of benzene rings is 2. The highest BCUT2D eigenvalue weighted by Crippen LogP contribution is 2.24. The third-order valence-electron chi connectivity index (χ3n) is 4.84. The van der Waals surface area contributed by atoms with Gasteiger partial charge in [0.15, 0.2) is 5.96 Å². The van der Waals surface area contributed by atoms with Crippen LogP contribution in [0.4, 0.5) is 0 Å². The maximum atomic E-state index is 12.1. The predicted octanol–water partition coefficient (Wildman–Crippen LogP) is 2.99. The third kappa shape index (κ3) is 6.43. The molecule has 1 amide bonds. The summed E-state index contributed by atoms with van der Waals surface area (Å²) in [4.78, 5) is 18.7. The Morgan fingerprint density at radius 3 is 2.52 bits per heavy atom. The number of amides is 1. The van der Waals surface area contributed by atoms with Gasteiger partial charge in [-0.2, -0.15) is 0 Å². The van der Waals surface area contributed by atoms with Crippen LogP contribution in [0, 0.1) is 6.92 Å². The van der Waals surface area contributed by atoms with Crippen LogP contribution in [0.3, 0.4) is 0 Å². The van der Waals surface area contributed by atoms with Crippen molar-refractivity contribution >= 4 is 35.8 Å². The number of aliphatic imine (C=N–C) groups is 1. The second-order valence-corrected chi connectivity index (χ2v) is 6.76. The normalized spacial score (nSPS) is 16.7. The van der Waals surface area contributed by atoms with E-state index in [1.54, 1.807) is 19.2 Å². The number of hydrogen-bond donors (Lipinski definition) is 2. The van der Waals surface area contributed by atoms with Crippen molar-refractivity contribution in [1.82, 2.24) is 15.5 Å². The number of carbonyl (C=O) groups excluding carboxylic acids is 1. The summed E-state index contributed by atoms with van der Waals surface area (Å²) in [6, 6.07) is 17.6. The molecule has 1 aliphatic heterocycles. The van der Waals surface area contributed by atoms with Crippen molar-refractivity contribution in [3.8, 4) is 0 Å². The molecule has 2 N–H and O–H groups in total. The van der Waals surface area contributed by atoms with E-state index in [9.17, 15) is 4.79 Å². The Bertz CT molecular complexity index is 813. The number of morpholine rings is 1. The van der Waals surface area contributed by atoms with Gasteiger partial charge in [-0.25, -0.2) is 0 Å². The quantitative estimate of drug-likeness (QED) is 0.282. The second-order valence-electron chi connectivity index (χ2n) is 6.76. The van der Waals surface area contributed by atoms with Crippen LogP contribution in [-0.2, 0) is 4.74 Å². The number of nitrogens with zero attached hydrogens (tertiary/aromatic N) is 2. The Morgan fingerprint density at radius 1 is 1.10 bits per heavy atom. The minimum atomic E-state index is -0.0663. The molecule has 1 heterocycles. The fourth-order valence-electron chi connectivity index (χ4n) is 3.35. The van der Waals surface area contributed by atoms with Crippen LogP contribution >= 0.6 is 24.0 Å². The average molecular weight is 508 g/mol. The molecule has 0 aromatic heterocycles. The zero-order valence-electron chi connectivity index (χ0n) is 16.9. The SMILES string of the molecule is CN=C(NCCNC(=O)c1ccccc1)N1CCOC(c2ccccc2C)C1.I. The highest BCUT2D eigenvalue weighted by Gasteiger charge is 2.24. The van der Waals surface area contributed by atoms with Gasteiger partial charge in [0.05, 0.1) is 13.2 Å². The molecular formula is C22H29IN4O2. The lowest BCUT2D eigenvalue weighted by atomic mass is 10.0. The van der Waals surface area contributed by atoms with E-state index < -0.39 is 0 Å². The van der Waals surface area contributed by atoms with Crippen LogP contribution in [0.25, 0.3) is 0 Å². The summed E-state index contributed by atoms with van der Waals surface area (Å²) >= 11 is 0. The first-order chi connectivity index (χ1) is 13.7. The van der Waals surface area contributed by atoms with E-state index >= 15 is 0 Å². The Morgan fingerprint density at radius 2 is 1.79 bits per heavy atom. The molecule has 6 nitrogen and oxygen atoms in total. The molecule has 1 atom stereocenters. The van der Waals surface area contributed by atoms with Gasteiger partial charge < -0.3 is 20.3 Å². The Kier molecular flexibility index (Phi) is 9.40. The summed E-state index contributed by atoms with van der Waals surface area (Å²) in [7, 11) is 1.78. The van der Waals surface area contributed by atoms with Crippen molar-refractivity contribution in [2.24, 2.45) is 4.99 Å². The fraction of sp³-hybridized carbons (Fsp3) is 0.364. The number of hydrogen-bond acceptors (Lipinski definition) is 3. The predicted molar refractivity (Wildman–Crippen MR) is 127 cm³/mol. The molecule has 0 radical (unpaired) electrons. The smallest absolute Gasteiger partial charge is 0.251 e. The van der Waals surface area contributed by atoms with Crippen LogP contribution in [0.1, 0.15) is 27.6 Å². The highest BCUT2D eigenvalue weighted by molar-refractivity contribution is 14.0. The molecule has 1 fully saturated rings. The Labute approximate surface area is 189 Å². The number of guanidine groups is 1. The molecule has 2 aromatic rings. The number of nitrogens with one attached hydrogen (secondary N) is 2. The second kappa shape index (κ2) is 11.8. The molecule has 156 valence electrons. The van der Waals surface area contributed by atoms with Crippen LogP contribution in [-0.4, -0.2) is 56.6 Å². The van der Waals surface area contributed by atoms with Crippen molar-refractivity contribution < 1.29 is 9.53 Å². The molecule has 0 aliphatic carbocycles. The topological polar surface area (TPSA) is 66.0 Å². The van der Waals surface area contributed by atoms with E-state index in [1.165, 1.54) is 11.1 Å². The summed E-state index contributed by atoms with van der Waals surface area (Å²) in [6.07, 6.45) is 0.0336. The molecule has 0 spiro atoms. The van der Waals surface area contributed by atoms with E-state index in [0.717, 1.165) is 19.0 Å². The van der Waals surface area contributed by atoms with Crippen molar-refractivity contribution in [1.29, 1.82) is 0 Å². The minimum absolute atomic E-state index is 0. The Balaban J connectivity index is 0.00000300. The zero-order chi connectivity index (χ0) is 19.8. The molecule has 7 heteroatoms. The summed E-state index contributed by atoms with van der Waals surface area (Å²) in [5.41, 5.74) is 3.12. The van der Waals surface area contributed by atoms with Gasteiger partial charge in [0.1, 0.15) is 6.10 Å². The maximum absolute atomic E-state index is 12.1. The maximum Gasteiger partial charge on any atom is 0.251 e. The van der Waals surface area contributed by atoms with Crippen molar-refractivity contribution in [3.05, 3.63) is 71.3 Å². The van der Waals surface area contributed by atoms with Crippen LogP contribution in [0.15, 0.2) is 59.6 Å². The summed E-state index contributed by atoms with van der Waals surface area (Å²) in [6.45, 7) is 5.44. The fourth-order valence-corrected chi connectivity index (χ4v) is 3.35. The molecule has 1 saturated heterocycles. The van der Waals surface area contributed by atoms with E-state index in [4.69, 9.17) is 4.74 Å². The number of halogens is 1. The summed E-state index contributed by atoms with van der Waals surface area (Å²) < 4.78 is 5.99. The van der Waals surface area contributed by atoms with Crippen molar-refractivity contribution in [2.75, 3.05) is 39.8 Å². The molecule has 29 heavy (non-hydrogen) atoms. The van der Waals surface area contributed by atoms with Crippen LogP contribution in [0.2, 0.25) is 0 Å². The average Bonchev–Trinajstić information content (AvgIpc) is 2.74. The number of carbonyl (C=O) groups is 1. The zero-order valence-corrected chi connectivity index (χ0v) is 19.3. The first-order valence-corrected chi connectivity index (χ1v) is 9.65. The minimum Gasteiger partial charge on any atom is -0.370 e. The van der Waals surface area contributed by atoms with Gasteiger partial charge in [0, 0.05) is 32.2 Å². The van der Waals surface area contributed by atoms with Crippen LogP contribution < -0.4 is 10.6 Å². The molecule has 1 unspecified atom stereocenters. The van der Waals surface area contributed by atoms with Gasteiger partial charge in [-0.15, -0.1) is 24.0 Å². The molecule has 0 bridgehead atoms. The van der Waals surface area contributed by atoms with Gasteiger partial charge >= 0.3 is 0 Å². The summed E-state index contributed by atoms with van der Waals surface area (Å²) in [5.74, 6) is 0.763. The lowest BCUT2D eigenvalue weighted by molar-refractivity contribution is -0.00829. The molecule has 0 saturated carbocycles. The monoisotopic (exact) mass is 508 g/mol. The van der Waals surface area contributed by atoms with Gasteiger partial charge in [-0.05, 0) is 30.2 Å². The summed E-state index contributed by atoms with van der Waals surface area (Å²) in [5, 5.41) is 6.26. The largest absolute Gasteiger partial charge is 0.370 e. The standard InChI is InChI=1S/C22H28N4O2.HI/c1-17-8-6-7-11-19(17)20-16-26(14-15-28-20)22(23-2)25-13-12-24-21(27)18-9-4-3-5-10-18;/h3-11,20H,12-16H2,1-2H3,(H,23,25)(H,24,27);1H. The van der Waals surface area contributed by atoms with E-state index in [2.05, 4.69) is 39.6 Å². The Hall–Kier alpha value is -2.13. The third-order valence-corrected chi connectivity index (χ3v) is 4.84. The van der Waals surface area contributed by atoms with E-state index in [1.807, 2.05) is 30.3 Å². The van der Waals surface area contributed by atoms with Gasteiger partial charge in [-0.1, -0.05) is 42.5 Å². The van der Waals surface area contributed by atoms with Crippen LogP contribution in [0.5, 0.6) is 0 Å².